The summed E-state index contributed by atoms with van der Waals surface area (Å²) in [7, 11) is 2.21. The van der Waals surface area contributed by atoms with Gasteiger partial charge in [0.1, 0.15) is 0 Å². The van der Waals surface area contributed by atoms with E-state index in [0.29, 0.717) is 24.0 Å². The van der Waals surface area contributed by atoms with Crippen LogP contribution in [0.4, 0.5) is 0 Å². The van der Waals surface area contributed by atoms with Crippen molar-refractivity contribution in [3.05, 3.63) is 35.4 Å². The number of amides is 1. The average Bonchev–Trinajstić information content (AvgIpc) is 3.20. The third kappa shape index (κ3) is 4.24. The molecule has 1 heterocycles. The molecule has 2 N–H and O–H groups in total. The van der Waals surface area contributed by atoms with Gasteiger partial charge in [-0.1, -0.05) is 25.0 Å². The minimum absolute atomic E-state index is 0.106. The second-order valence-electron chi connectivity index (χ2n) is 8.27. The number of benzene rings is 1. The first kappa shape index (κ1) is 17.0. The molecule has 3 fully saturated rings. The number of hydrogen-bond acceptors (Lipinski definition) is 3. The first-order valence-corrected chi connectivity index (χ1v) is 10.0. The van der Waals surface area contributed by atoms with Gasteiger partial charge in [0.15, 0.2) is 0 Å². The topological polar surface area (TPSA) is 44.4 Å². The molecule has 1 saturated heterocycles. The van der Waals surface area contributed by atoms with Gasteiger partial charge in [-0.2, -0.15) is 0 Å². The van der Waals surface area contributed by atoms with Crippen LogP contribution in [0.3, 0.4) is 0 Å². The first-order valence-electron chi connectivity index (χ1n) is 10.0. The molecule has 3 aliphatic rings. The van der Waals surface area contributed by atoms with E-state index < -0.39 is 0 Å². The predicted molar refractivity (Wildman–Crippen MR) is 101 cm³/mol. The highest BCUT2D eigenvalue weighted by Gasteiger charge is 2.39. The molecule has 4 rings (SSSR count). The third-order valence-corrected chi connectivity index (χ3v) is 6.23. The molecule has 0 bridgehead atoms. The summed E-state index contributed by atoms with van der Waals surface area (Å²) in [6, 6.07) is 9.95. The molecule has 0 radical (unpaired) electrons. The van der Waals surface area contributed by atoms with Crippen LogP contribution in [0.5, 0.6) is 0 Å². The summed E-state index contributed by atoms with van der Waals surface area (Å²) < 4.78 is 0. The van der Waals surface area contributed by atoms with Gasteiger partial charge < -0.3 is 15.5 Å². The molecule has 2 saturated carbocycles. The Morgan fingerprint density at radius 2 is 1.84 bits per heavy atom. The summed E-state index contributed by atoms with van der Waals surface area (Å²) in [5.41, 5.74) is 2.15. The molecule has 1 aromatic carbocycles. The van der Waals surface area contributed by atoms with Crippen molar-refractivity contribution < 1.29 is 4.79 Å². The van der Waals surface area contributed by atoms with Crippen LogP contribution >= 0.6 is 0 Å². The van der Waals surface area contributed by atoms with E-state index in [1.807, 2.05) is 12.1 Å². The van der Waals surface area contributed by atoms with E-state index >= 15 is 0 Å². The normalized spacial score (nSPS) is 28.2. The Kier molecular flexibility index (Phi) is 5.09. The second kappa shape index (κ2) is 7.46. The fraction of sp³-hybridized carbons (Fsp3) is 0.667. The fourth-order valence-electron chi connectivity index (χ4n) is 4.48. The zero-order valence-corrected chi connectivity index (χ0v) is 15.3. The molecule has 1 amide bonds. The molecule has 1 aliphatic heterocycles. The minimum atomic E-state index is 0.106. The Balaban J connectivity index is 1.32. The van der Waals surface area contributed by atoms with E-state index in [4.69, 9.17) is 0 Å². The smallest absolute Gasteiger partial charge is 0.251 e. The summed E-state index contributed by atoms with van der Waals surface area (Å²) in [6.07, 6.45) is 8.48. The van der Waals surface area contributed by atoms with E-state index in [2.05, 4.69) is 34.7 Å². The Labute approximate surface area is 151 Å². The van der Waals surface area contributed by atoms with Crippen molar-refractivity contribution in [2.45, 2.75) is 69.0 Å². The number of carbonyl (C=O) groups is 1. The summed E-state index contributed by atoms with van der Waals surface area (Å²) in [5, 5.41) is 7.05. The monoisotopic (exact) mass is 341 g/mol. The Bertz CT molecular complexity index is 603. The molecule has 4 nitrogen and oxygen atoms in total. The predicted octanol–water partition coefficient (Wildman–Crippen LogP) is 2.90. The highest BCUT2D eigenvalue weighted by Crippen LogP contribution is 2.41. The van der Waals surface area contributed by atoms with Crippen LogP contribution < -0.4 is 10.6 Å². The van der Waals surface area contributed by atoms with E-state index in [-0.39, 0.29) is 5.91 Å². The maximum Gasteiger partial charge on any atom is 0.251 e. The van der Waals surface area contributed by atoms with Gasteiger partial charge in [0, 0.05) is 29.6 Å². The number of nitrogens with zero attached hydrogens (tertiary/aromatic N) is 1. The fourth-order valence-corrected chi connectivity index (χ4v) is 4.48. The van der Waals surface area contributed by atoms with Crippen molar-refractivity contribution in [1.82, 2.24) is 15.5 Å². The summed E-state index contributed by atoms with van der Waals surface area (Å²) >= 11 is 0. The third-order valence-electron chi connectivity index (χ3n) is 6.23. The van der Waals surface area contributed by atoms with Crippen LogP contribution in [0.2, 0.25) is 0 Å². The molecule has 4 heteroatoms. The van der Waals surface area contributed by atoms with Gasteiger partial charge in [-0.3, -0.25) is 4.79 Å². The van der Waals surface area contributed by atoms with Gasteiger partial charge >= 0.3 is 0 Å². The number of nitrogens with one attached hydrogen (secondary N) is 2. The van der Waals surface area contributed by atoms with Crippen LogP contribution in [0.1, 0.15) is 66.8 Å². The summed E-state index contributed by atoms with van der Waals surface area (Å²) in [6.45, 7) is 2.40. The number of rotatable bonds is 5. The van der Waals surface area contributed by atoms with Crippen molar-refractivity contribution in [2.75, 3.05) is 20.1 Å². The van der Waals surface area contributed by atoms with E-state index in [1.54, 1.807) is 0 Å². The zero-order chi connectivity index (χ0) is 17.2. The maximum absolute atomic E-state index is 12.5. The number of hydrogen-bond donors (Lipinski definition) is 2. The van der Waals surface area contributed by atoms with Crippen molar-refractivity contribution in [3.63, 3.8) is 0 Å². The van der Waals surface area contributed by atoms with Crippen LogP contribution in [0, 0.1) is 0 Å². The first-order chi connectivity index (χ1) is 12.2. The molecule has 25 heavy (non-hydrogen) atoms. The van der Waals surface area contributed by atoms with Crippen molar-refractivity contribution in [1.29, 1.82) is 0 Å². The highest BCUT2D eigenvalue weighted by molar-refractivity contribution is 5.94. The van der Waals surface area contributed by atoms with Crippen molar-refractivity contribution in [2.24, 2.45) is 0 Å². The number of piperidine rings is 1. The Morgan fingerprint density at radius 3 is 2.60 bits per heavy atom. The van der Waals surface area contributed by atoms with Gasteiger partial charge in [-0.25, -0.2) is 0 Å². The van der Waals surface area contributed by atoms with Crippen LogP contribution in [-0.2, 0) is 0 Å². The molecule has 0 spiro atoms. The molecule has 136 valence electrons. The molecular formula is C21H31N3O. The van der Waals surface area contributed by atoms with Gasteiger partial charge in [0.2, 0.25) is 0 Å². The number of carbonyl (C=O) groups excluding carboxylic acids is 1. The lowest BCUT2D eigenvalue weighted by atomic mass is 10.0. The van der Waals surface area contributed by atoms with Gasteiger partial charge in [-0.15, -0.1) is 0 Å². The average molecular weight is 341 g/mol. The van der Waals surface area contributed by atoms with Crippen LogP contribution in [0.25, 0.3) is 0 Å². The quantitative estimate of drug-likeness (QED) is 0.865. The van der Waals surface area contributed by atoms with Crippen molar-refractivity contribution >= 4 is 5.91 Å². The number of likely N-dealkylation sites (tertiary alicyclic amines) is 1. The lowest BCUT2D eigenvalue weighted by molar-refractivity contribution is 0.0938. The molecule has 2 atom stereocenters. The van der Waals surface area contributed by atoms with E-state index in [9.17, 15) is 4.79 Å². The standard InChI is InChI=1S/C21H31N3O/c1-24-11-9-18(10-12-24)22-20-14-19(20)15-5-4-6-16(13-15)21(25)23-17-7-2-3-8-17/h4-6,13,17-20,22H,2-3,7-12,14H2,1H3,(H,23,25)/t19-,20+/m0/s1. The lowest BCUT2D eigenvalue weighted by Crippen LogP contribution is -2.42. The van der Waals surface area contributed by atoms with Crippen LogP contribution in [0.15, 0.2) is 24.3 Å². The van der Waals surface area contributed by atoms with Crippen LogP contribution in [-0.4, -0.2) is 49.1 Å². The van der Waals surface area contributed by atoms with Gasteiger partial charge in [0.05, 0.1) is 0 Å². The second-order valence-corrected chi connectivity index (χ2v) is 8.27. The Morgan fingerprint density at radius 1 is 1.08 bits per heavy atom. The molecule has 1 aromatic rings. The van der Waals surface area contributed by atoms with E-state index in [1.165, 1.54) is 50.8 Å². The summed E-state index contributed by atoms with van der Waals surface area (Å²) in [5.74, 6) is 0.688. The zero-order valence-electron chi connectivity index (χ0n) is 15.3. The highest BCUT2D eigenvalue weighted by atomic mass is 16.1. The SMILES string of the molecule is CN1CCC(N[C@@H]2C[C@H]2c2cccc(C(=O)NC3CCCC3)c2)CC1. The molecular weight excluding hydrogens is 310 g/mol. The van der Waals surface area contributed by atoms with Crippen molar-refractivity contribution in [3.8, 4) is 0 Å². The van der Waals surface area contributed by atoms with Gasteiger partial charge in [0.25, 0.3) is 5.91 Å². The van der Waals surface area contributed by atoms with Gasteiger partial charge in [-0.05, 0) is 69.9 Å². The molecule has 0 aromatic heterocycles. The largest absolute Gasteiger partial charge is 0.349 e. The maximum atomic E-state index is 12.5. The lowest BCUT2D eigenvalue weighted by Gasteiger charge is -2.29. The molecule has 0 unspecified atom stereocenters. The minimum Gasteiger partial charge on any atom is -0.349 e. The van der Waals surface area contributed by atoms with E-state index in [0.717, 1.165) is 18.4 Å². The Hall–Kier alpha value is -1.39. The summed E-state index contributed by atoms with van der Waals surface area (Å²) in [4.78, 5) is 14.9. The molecule has 2 aliphatic carbocycles.